The molecule has 0 fully saturated rings. The first-order valence-electron chi connectivity index (χ1n) is 10.1. The fraction of sp³-hybridized carbons (Fsp3) is 0.318. The van der Waals surface area contributed by atoms with E-state index < -0.39 is 5.91 Å². The van der Waals surface area contributed by atoms with Crippen molar-refractivity contribution in [2.45, 2.75) is 26.7 Å². The van der Waals surface area contributed by atoms with Crippen LogP contribution in [0.5, 0.6) is 0 Å². The van der Waals surface area contributed by atoms with Crippen LogP contribution in [0.15, 0.2) is 42.5 Å². The zero-order valence-electron chi connectivity index (χ0n) is 17.7. The van der Waals surface area contributed by atoms with Crippen LogP contribution in [-0.4, -0.2) is 41.5 Å². The molecular weight excluding hydrogens is 434 g/mol. The highest BCUT2D eigenvalue weighted by Gasteiger charge is 2.12. The van der Waals surface area contributed by atoms with Gasteiger partial charge >= 0.3 is 0 Å². The smallest absolute Gasteiger partial charge is 0.248 e. The van der Waals surface area contributed by atoms with Crippen molar-refractivity contribution in [1.29, 1.82) is 0 Å². The lowest BCUT2D eigenvalue weighted by molar-refractivity contribution is -0.117. The summed E-state index contributed by atoms with van der Waals surface area (Å²) >= 11 is 11.7. The van der Waals surface area contributed by atoms with E-state index in [2.05, 4.69) is 34.7 Å². The molecule has 0 aliphatic heterocycles. The van der Waals surface area contributed by atoms with Crippen LogP contribution in [0.4, 0.5) is 17.1 Å². The van der Waals surface area contributed by atoms with Gasteiger partial charge in [0.15, 0.2) is 5.11 Å². The normalized spacial score (nSPS) is 10.6. The Bertz CT molecular complexity index is 915. The van der Waals surface area contributed by atoms with Crippen LogP contribution >= 0.6 is 23.8 Å². The highest BCUT2D eigenvalue weighted by Crippen LogP contribution is 2.25. The number of hydrogen-bond acceptors (Lipinski definition) is 4. The Hall–Kier alpha value is -2.68. The molecule has 0 saturated heterocycles. The fourth-order valence-corrected chi connectivity index (χ4v) is 3.46. The van der Waals surface area contributed by atoms with Gasteiger partial charge in [0.1, 0.15) is 0 Å². The minimum absolute atomic E-state index is 0.0962. The third kappa shape index (κ3) is 8.16. The number of thiocarbonyl (C=S) groups is 1. The second kappa shape index (κ2) is 12.2. The molecule has 2 amide bonds. The van der Waals surface area contributed by atoms with Crippen molar-refractivity contribution in [3.8, 4) is 0 Å². The maximum Gasteiger partial charge on any atom is 0.248 e. The molecule has 166 valence electrons. The zero-order chi connectivity index (χ0) is 22.8. The van der Waals surface area contributed by atoms with Gasteiger partial charge < -0.3 is 21.7 Å². The third-order valence-corrected chi connectivity index (χ3v) is 4.89. The number of halogens is 1. The maximum absolute atomic E-state index is 12.4. The van der Waals surface area contributed by atoms with Crippen molar-refractivity contribution in [3.05, 3.63) is 53.1 Å². The molecular formula is C22H28ClN5O2S. The molecule has 0 saturated carbocycles. The van der Waals surface area contributed by atoms with Crippen LogP contribution in [0.3, 0.4) is 0 Å². The predicted molar refractivity (Wildman–Crippen MR) is 132 cm³/mol. The molecule has 2 rings (SSSR count). The standard InChI is InChI=1S/C22H28ClN5O2S/c1-3-11-28(12-4-2)14-20(29)27-19-10-9-17(13-18(19)23)26-22(31)25-16-7-5-15(6-8-16)21(24)30/h5-10,13H,3-4,11-12,14H2,1-2H3,(H2,24,30)(H,27,29)(H2,25,26,31). The summed E-state index contributed by atoms with van der Waals surface area (Å²) in [4.78, 5) is 25.6. The van der Waals surface area contributed by atoms with E-state index >= 15 is 0 Å². The molecule has 2 aromatic carbocycles. The number of anilines is 3. The van der Waals surface area contributed by atoms with Crippen molar-refractivity contribution in [2.75, 3.05) is 35.6 Å². The molecule has 7 nitrogen and oxygen atoms in total. The lowest BCUT2D eigenvalue weighted by Crippen LogP contribution is -2.34. The van der Waals surface area contributed by atoms with E-state index in [1.54, 1.807) is 42.5 Å². The van der Waals surface area contributed by atoms with Crippen molar-refractivity contribution >= 4 is 57.8 Å². The van der Waals surface area contributed by atoms with Crippen LogP contribution in [0, 0.1) is 0 Å². The van der Waals surface area contributed by atoms with E-state index in [9.17, 15) is 9.59 Å². The Morgan fingerprint density at radius 1 is 0.968 bits per heavy atom. The summed E-state index contributed by atoms with van der Waals surface area (Å²) in [5.74, 6) is -0.585. The SMILES string of the molecule is CCCN(CCC)CC(=O)Nc1ccc(NC(=S)Nc2ccc(C(N)=O)cc2)cc1Cl. The molecule has 9 heteroatoms. The Kier molecular flexibility index (Phi) is 9.71. The molecule has 2 aromatic rings. The summed E-state index contributed by atoms with van der Waals surface area (Å²) < 4.78 is 0. The Morgan fingerprint density at radius 3 is 2.10 bits per heavy atom. The van der Waals surface area contributed by atoms with E-state index in [1.165, 1.54) is 0 Å². The van der Waals surface area contributed by atoms with Gasteiger partial charge in [0.05, 0.1) is 17.3 Å². The minimum Gasteiger partial charge on any atom is -0.366 e. The first-order valence-corrected chi connectivity index (χ1v) is 10.9. The summed E-state index contributed by atoms with van der Waals surface area (Å²) in [5.41, 5.74) is 7.58. The maximum atomic E-state index is 12.4. The largest absolute Gasteiger partial charge is 0.366 e. The lowest BCUT2D eigenvalue weighted by Gasteiger charge is -2.20. The summed E-state index contributed by atoms with van der Waals surface area (Å²) in [7, 11) is 0. The van der Waals surface area contributed by atoms with Crippen molar-refractivity contribution in [2.24, 2.45) is 5.73 Å². The molecule has 0 atom stereocenters. The van der Waals surface area contributed by atoms with Crippen LogP contribution in [0.25, 0.3) is 0 Å². The molecule has 0 radical (unpaired) electrons. The zero-order valence-corrected chi connectivity index (χ0v) is 19.3. The van der Waals surface area contributed by atoms with E-state index in [-0.39, 0.29) is 5.91 Å². The van der Waals surface area contributed by atoms with Gasteiger partial charge in [0.2, 0.25) is 11.8 Å². The van der Waals surface area contributed by atoms with E-state index in [4.69, 9.17) is 29.6 Å². The molecule has 0 unspecified atom stereocenters. The molecule has 0 aliphatic rings. The van der Waals surface area contributed by atoms with Gasteiger partial charge in [0, 0.05) is 16.9 Å². The second-order valence-electron chi connectivity index (χ2n) is 7.04. The van der Waals surface area contributed by atoms with E-state index in [0.29, 0.717) is 39.3 Å². The van der Waals surface area contributed by atoms with E-state index in [1.807, 2.05) is 0 Å². The first-order chi connectivity index (χ1) is 14.8. The van der Waals surface area contributed by atoms with Crippen molar-refractivity contribution in [1.82, 2.24) is 4.90 Å². The number of primary amides is 1. The molecule has 31 heavy (non-hydrogen) atoms. The molecule has 0 aliphatic carbocycles. The highest BCUT2D eigenvalue weighted by molar-refractivity contribution is 7.80. The molecule has 0 heterocycles. The monoisotopic (exact) mass is 461 g/mol. The summed E-state index contributed by atoms with van der Waals surface area (Å²) in [5, 5.41) is 9.68. The second-order valence-corrected chi connectivity index (χ2v) is 7.86. The van der Waals surface area contributed by atoms with Crippen molar-refractivity contribution in [3.63, 3.8) is 0 Å². The molecule has 5 N–H and O–H groups in total. The average molecular weight is 462 g/mol. The van der Waals surface area contributed by atoms with Gasteiger partial charge in [-0.05, 0) is 80.6 Å². The summed E-state index contributed by atoms with van der Waals surface area (Å²) in [6.07, 6.45) is 2.00. The minimum atomic E-state index is -0.488. The third-order valence-electron chi connectivity index (χ3n) is 4.38. The number of benzene rings is 2. The number of carbonyl (C=O) groups is 2. The Balaban J connectivity index is 1.93. The van der Waals surface area contributed by atoms with Gasteiger partial charge in [-0.25, -0.2) is 0 Å². The van der Waals surface area contributed by atoms with Crippen LogP contribution in [-0.2, 0) is 4.79 Å². The van der Waals surface area contributed by atoms with Crippen LogP contribution in [0.2, 0.25) is 5.02 Å². The number of nitrogens with two attached hydrogens (primary N) is 1. The predicted octanol–water partition coefficient (Wildman–Crippen LogP) is 4.31. The number of carbonyl (C=O) groups excluding carboxylic acids is 2. The van der Waals surface area contributed by atoms with Gasteiger partial charge in [0.25, 0.3) is 0 Å². The van der Waals surface area contributed by atoms with Crippen molar-refractivity contribution < 1.29 is 9.59 Å². The quantitative estimate of drug-likeness (QED) is 0.393. The average Bonchev–Trinajstić information content (AvgIpc) is 2.70. The Morgan fingerprint density at radius 2 is 1.55 bits per heavy atom. The van der Waals surface area contributed by atoms with Gasteiger partial charge in [-0.3, -0.25) is 14.5 Å². The number of rotatable bonds is 10. The fourth-order valence-electron chi connectivity index (χ4n) is 3.00. The molecule has 0 spiro atoms. The van der Waals surface area contributed by atoms with Crippen LogP contribution in [0.1, 0.15) is 37.0 Å². The summed E-state index contributed by atoms with van der Waals surface area (Å²) in [6, 6.07) is 11.9. The number of hydrogen-bond donors (Lipinski definition) is 4. The topological polar surface area (TPSA) is 99.5 Å². The molecule has 0 bridgehead atoms. The first kappa shape index (κ1) is 24.6. The molecule has 0 aromatic heterocycles. The Labute approximate surface area is 193 Å². The number of nitrogens with zero attached hydrogens (tertiary/aromatic N) is 1. The van der Waals surface area contributed by atoms with Gasteiger partial charge in [-0.1, -0.05) is 25.4 Å². The van der Waals surface area contributed by atoms with E-state index in [0.717, 1.165) is 25.9 Å². The number of amides is 2. The van der Waals surface area contributed by atoms with Crippen LogP contribution < -0.4 is 21.7 Å². The van der Waals surface area contributed by atoms with Gasteiger partial charge in [-0.15, -0.1) is 0 Å². The number of nitrogens with one attached hydrogen (secondary N) is 3. The van der Waals surface area contributed by atoms with Gasteiger partial charge in [-0.2, -0.15) is 0 Å². The highest BCUT2D eigenvalue weighted by atomic mass is 35.5. The lowest BCUT2D eigenvalue weighted by atomic mass is 10.2. The summed E-state index contributed by atoms with van der Waals surface area (Å²) in [6.45, 7) is 6.29.